The molecule has 0 unspecified atom stereocenters. The zero-order valence-corrected chi connectivity index (χ0v) is 11.2. The van der Waals surface area contributed by atoms with Crippen LogP contribution in [0.4, 0.5) is 13.2 Å². The van der Waals surface area contributed by atoms with Crippen LogP contribution in [0.25, 0.3) is 0 Å². The maximum Gasteiger partial charge on any atom is 0.196 e. The van der Waals surface area contributed by atoms with Gasteiger partial charge >= 0.3 is 0 Å². The van der Waals surface area contributed by atoms with Crippen LogP contribution in [0.1, 0.15) is 46.7 Å². The Hall–Kier alpha value is -2.10. The van der Waals surface area contributed by atoms with Gasteiger partial charge in [0, 0.05) is 5.56 Å². The van der Waals surface area contributed by atoms with E-state index < -0.39 is 28.8 Å². The highest BCUT2D eigenvalue weighted by molar-refractivity contribution is 6.10. The van der Waals surface area contributed by atoms with Gasteiger partial charge in [0.1, 0.15) is 0 Å². The maximum absolute atomic E-state index is 13.8. The van der Waals surface area contributed by atoms with E-state index >= 15 is 0 Å². The van der Waals surface area contributed by atoms with E-state index in [1.54, 1.807) is 12.1 Å². The minimum absolute atomic E-state index is 0.290. The van der Waals surface area contributed by atoms with Gasteiger partial charge in [0.15, 0.2) is 23.2 Å². The lowest BCUT2D eigenvalue weighted by Crippen LogP contribution is -2.15. The predicted molar refractivity (Wildman–Crippen MR) is 72.8 cm³/mol. The largest absolute Gasteiger partial charge is 0.288 e. The Morgan fingerprint density at radius 3 is 2.29 bits per heavy atom. The summed E-state index contributed by atoms with van der Waals surface area (Å²) in [6.07, 6.45) is 3.09. The van der Waals surface area contributed by atoms with Gasteiger partial charge in [-0.15, -0.1) is 0 Å². The van der Waals surface area contributed by atoms with Crippen molar-refractivity contribution < 1.29 is 18.0 Å². The monoisotopic (exact) mass is 290 g/mol. The van der Waals surface area contributed by atoms with Gasteiger partial charge in [-0.3, -0.25) is 4.79 Å². The second-order valence-electron chi connectivity index (χ2n) is 5.27. The van der Waals surface area contributed by atoms with Crippen molar-refractivity contribution in [2.45, 2.75) is 25.2 Å². The molecule has 0 atom stereocenters. The van der Waals surface area contributed by atoms with Crippen LogP contribution in [0, 0.1) is 17.5 Å². The molecular formula is C17H13F3O. The van der Waals surface area contributed by atoms with Gasteiger partial charge in [0.05, 0.1) is 5.56 Å². The molecule has 1 saturated carbocycles. The lowest BCUT2D eigenvalue weighted by molar-refractivity contribution is 0.103. The van der Waals surface area contributed by atoms with Crippen LogP contribution >= 0.6 is 0 Å². The zero-order valence-electron chi connectivity index (χ0n) is 11.2. The van der Waals surface area contributed by atoms with E-state index in [1.165, 1.54) is 0 Å². The molecule has 108 valence electrons. The van der Waals surface area contributed by atoms with Gasteiger partial charge < -0.3 is 0 Å². The van der Waals surface area contributed by atoms with Crippen molar-refractivity contribution in [2.75, 3.05) is 0 Å². The van der Waals surface area contributed by atoms with Gasteiger partial charge in [0.25, 0.3) is 0 Å². The van der Waals surface area contributed by atoms with Gasteiger partial charge in [-0.1, -0.05) is 30.7 Å². The van der Waals surface area contributed by atoms with Gasteiger partial charge in [0.2, 0.25) is 0 Å². The SMILES string of the molecule is O=C(c1ccccc1C1CCC1)c1ccc(F)c(F)c1F. The van der Waals surface area contributed by atoms with Crippen LogP contribution in [0.15, 0.2) is 36.4 Å². The molecule has 21 heavy (non-hydrogen) atoms. The summed E-state index contributed by atoms with van der Waals surface area (Å²) in [6.45, 7) is 0. The van der Waals surface area contributed by atoms with Crippen molar-refractivity contribution in [1.29, 1.82) is 0 Å². The second-order valence-corrected chi connectivity index (χ2v) is 5.27. The summed E-state index contributed by atoms with van der Waals surface area (Å²) in [4.78, 5) is 12.5. The first-order valence-corrected chi connectivity index (χ1v) is 6.86. The number of ketones is 1. The van der Waals surface area contributed by atoms with Crippen LogP contribution in [-0.4, -0.2) is 5.78 Å². The Morgan fingerprint density at radius 1 is 0.905 bits per heavy atom. The Labute approximate surface area is 120 Å². The topological polar surface area (TPSA) is 17.1 Å². The average Bonchev–Trinajstić information content (AvgIpc) is 2.43. The Morgan fingerprint density at radius 2 is 1.62 bits per heavy atom. The molecule has 1 aliphatic rings. The van der Waals surface area contributed by atoms with Gasteiger partial charge in [-0.25, -0.2) is 13.2 Å². The summed E-state index contributed by atoms with van der Waals surface area (Å²) < 4.78 is 40.1. The van der Waals surface area contributed by atoms with Crippen molar-refractivity contribution in [1.82, 2.24) is 0 Å². The number of carbonyl (C=O) groups is 1. The molecule has 3 rings (SSSR count). The number of hydrogen-bond acceptors (Lipinski definition) is 1. The van der Waals surface area contributed by atoms with Crippen LogP contribution in [-0.2, 0) is 0 Å². The van der Waals surface area contributed by atoms with Crippen LogP contribution in [0.3, 0.4) is 0 Å². The quantitative estimate of drug-likeness (QED) is 0.596. The lowest BCUT2D eigenvalue weighted by atomic mass is 9.77. The summed E-state index contributed by atoms with van der Waals surface area (Å²) in [5.74, 6) is -4.64. The molecule has 1 aliphatic carbocycles. The molecule has 1 fully saturated rings. The molecule has 0 bridgehead atoms. The van der Waals surface area contributed by atoms with Gasteiger partial charge in [-0.05, 0) is 36.5 Å². The number of halogens is 3. The molecular weight excluding hydrogens is 277 g/mol. The van der Waals surface area contributed by atoms with Crippen LogP contribution < -0.4 is 0 Å². The second kappa shape index (κ2) is 5.35. The fourth-order valence-corrected chi connectivity index (χ4v) is 2.63. The van der Waals surface area contributed by atoms with Crippen molar-refractivity contribution in [3.05, 3.63) is 70.5 Å². The smallest absolute Gasteiger partial charge is 0.196 e. The zero-order chi connectivity index (χ0) is 15.0. The van der Waals surface area contributed by atoms with E-state index in [2.05, 4.69) is 0 Å². The Balaban J connectivity index is 2.05. The molecule has 2 aromatic carbocycles. The van der Waals surface area contributed by atoms with E-state index in [4.69, 9.17) is 0 Å². The third-order valence-corrected chi connectivity index (χ3v) is 4.03. The molecule has 0 radical (unpaired) electrons. The summed E-state index contributed by atoms with van der Waals surface area (Å²) >= 11 is 0. The van der Waals surface area contributed by atoms with Gasteiger partial charge in [-0.2, -0.15) is 0 Å². The Kier molecular flexibility index (Phi) is 3.53. The Bertz CT molecular complexity index is 705. The highest BCUT2D eigenvalue weighted by atomic mass is 19.2. The van der Waals surface area contributed by atoms with Crippen molar-refractivity contribution in [2.24, 2.45) is 0 Å². The molecule has 0 N–H and O–H groups in total. The van der Waals surface area contributed by atoms with Crippen molar-refractivity contribution in [3.8, 4) is 0 Å². The average molecular weight is 290 g/mol. The van der Waals surface area contributed by atoms with Crippen molar-refractivity contribution >= 4 is 5.78 Å². The molecule has 0 saturated heterocycles. The summed E-state index contributed by atoms with van der Waals surface area (Å²) in [6, 6.07) is 8.73. The normalized spacial score (nSPS) is 14.8. The fourth-order valence-electron chi connectivity index (χ4n) is 2.63. The first-order valence-electron chi connectivity index (χ1n) is 6.86. The number of carbonyl (C=O) groups excluding carboxylic acids is 1. The highest BCUT2D eigenvalue weighted by Gasteiger charge is 2.26. The molecule has 0 amide bonds. The standard InChI is InChI=1S/C17H13F3O/c18-14-9-8-13(15(19)16(14)20)17(21)12-7-2-1-6-11(12)10-4-3-5-10/h1-2,6-10H,3-5H2. The molecule has 1 nitrogen and oxygen atoms in total. The minimum Gasteiger partial charge on any atom is -0.288 e. The molecule has 0 spiro atoms. The van der Waals surface area contributed by atoms with Crippen LogP contribution in [0.5, 0.6) is 0 Å². The van der Waals surface area contributed by atoms with E-state index in [1.807, 2.05) is 12.1 Å². The van der Waals surface area contributed by atoms with E-state index in [-0.39, 0.29) is 0 Å². The predicted octanol–water partition coefficient (Wildman–Crippen LogP) is 4.60. The van der Waals surface area contributed by atoms with E-state index in [0.29, 0.717) is 11.5 Å². The lowest BCUT2D eigenvalue weighted by Gasteiger charge is -2.27. The maximum atomic E-state index is 13.8. The number of benzene rings is 2. The first-order chi connectivity index (χ1) is 10.1. The number of hydrogen-bond donors (Lipinski definition) is 0. The molecule has 2 aromatic rings. The molecule has 0 aromatic heterocycles. The van der Waals surface area contributed by atoms with Crippen molar-refractivity contribution in [3.63, 3.8) is 0 Å². The molecule has 4 heteroatoms. The minimum atomic E-state index is -1.61. The molecule has 0 heterocycles. The first kappa shape index (κ1) is 13.9. The molecule has 0 aliphatic heterocycles. The summed E-state index contributed by atoms with van der Waals surface area (Å²) in [5.41, 5.74) is 0.797. The highest BCUT2D eigenvalue weighted by Crippen LogP contribution is 2.38. The number of rotatable bonds is 3. The summed E-state index contributed by atoms with van der Waals surface area (Å²) in [7, 11) is 0. The van der Waals surface area contributed by atoms with E-state index in [9.17, 15) is 18.0 Å². The fraction of sp³-hybridized carbons (Fsp3) is 0.235. The third kappa shape index (κ3) is 2.35. The van der Waals surface area contributed by atoms with E-state index in [0.717, 1.165) is 37.0 Å². The third-order valence-electron chi connectivity index (χ3n) is 4.03. The van der Waals surface area contributed by atoms with Crippen LogP contribution in [0.2, 0.25) is 0 Å². The summed E-state index contributed by atoms with van der Waals surface area (Å²) in [5, 5.41) is 0.